The van der Waals surface area contributed by atoms with Crippen molar-refractivity contribution in [3.05, 3.63) is 53.3 Å². The Kier molecular flexibility index (Phi) is 3.62. The molecule has 3 nitrogen and oxygen atoms in total. The molecular formula is C18H25N3. The Hall–Kier alpha value is -1.61. The van der Waals surface area contributed by atoms with E-state index in [1.165, 1.54) is 11.1 Å². The van der Waals surface area contributed by atoms with Crippen molar-refractivity contribution < 1.29 is 0 Å². The largest absolute Gasteiger partial charge is 0.298 e. The van der Waals surface area contributed by atoms with E-state index < -0.39 is 0 Å². The summed E-state index contributed by atoms with van der Waals surface area (Å²) in [7, 11) is 2.00. The summed E-state index contributed by atoms with van der Waals surface area (Å²) in [6, 6.07) is 10.9. The van der Waals surface area contributed by atoms with Crippen molar-refractivity contribution in [2.75, 3.05) is 13.1 Å². The van der Waals surface area contributed by atoms with Crippen molar-refractivity contribution in [2.45, 2.75) is 33.2 Å². The average Bonchev–Trinajstić information content (AvgIpc) is 2.90. The van der Waals surface area contributed by atoms with E-state index >= 15 is 0 Å². The van der Waals surface area contributed by atoms with Crippen LogP contribution in [0.25, 0.3) is 0 Å². The highest BCUT2D eigenvalue weighted by atomic mass is 15.3. The molecule has 1 aromatic carbocycles. The smallest absolute Gasteiger partial charge is 0.0638 e. The first kappa shape index (κ1) is 14.3. The third-order valence-corrected chi connectivity index (χ3v) is 4.73. The van der Waals surface area contributed by atoms with Crippen LogP contribution in [-0.4, -0.2) is 27.8 Å². The van der Waals surface area contributed by atoms with Crippen LogP contribution in [0.2, 0.25) is 0 Å². The minimum absolute atomic E-state index is 0.317. The van der Waals surface area contributed by atoms with E-state index in [4.69, 9.17) is 0 Å². The van der Waals surface area contributed by atoms with Crippen molar-refractivity contribution >= 4 is 0 Å². The second-order valence-corrected chi connectivity index (χ2v) is 7.03. The summed E-state index contributed by atoms with van der Waals surface area (Å²) in [6.07, 6.45) is 2.15. The Morgan fingerprint density at radius 2 is 1.95 bits per heavy atom. The first-order valence-corrected chi connectivity index (χ1v) is 7.72. The SMILES string of the molecule is Cc1nn(C)cc1CN1C[C@H](c2ccccc2)C(C)(C)C1. The van der Waals surface area contributed by atoms with Gasteiger partial charge < -0.3 is 0 Å². The highest BCUT2D eigenvalue weighted by Crippen LogP contribution is 2.42. The van der Waals surface area contributed by atoms with Gasteiger partial charge in [-0.05, 0) is 17.9 Å². The molecule has 2 heterocycles. The van der Waals surface area contributed by atoms with Crippen molar-refractivity contribution in [2.24, 2.45) is 12.5 Å². The van der Waals surface area contributed by atoms with E-state index in [0.717, 1.165) is 25.3 Å². The van der Waals surface area contributed by atoms with E-state index in [1.54, 1.807) is 0 Å². The Labute approximate surface area is 127 Å². The van der Waals surface area contributed by atoms with E-state index in [0.29, 0.717) is 11.3 Å². The van der Waals surface area contributed by atoms with Crippen LogP contribution in [0.4, 0.5) is 0 Å². The normalized spacial score (nSPS) is 21.8. The quantitative estimate of drug-likeness (QED) is 0.861. The van der Waals surface area contributed by atoms with Gasteiger partial charge in [0.25, 0.3) is 0 Å². The topological polar surface area (TPSA) is 21.1 Å². The number of nitrogens with zero attached hydrogens (tertiary/aromatic N) is 3. The summed E-state index contributed by atoms with van der Waals surface area (Å²) >= 11 is 0. The summed E-state index contributed by atoms with van der Waals surface area (Å²) in [6.45, 7) is 10.2. The first-order chi connectivity index (χ1) is 9.95. The third-order valence-electron chi connectivity index (χ3n) is 4.73. The second kappa shape index (κ2) is 5.30. The van der Waals surface area contributed by atoms with Crippen molar-refractivity contribution in [1.82, 2.24) is 14.7 Å². The monoisotopic (exact) mass is 283 g/mol. The van der Waals surface area contributed by atoms with Gasteiger partial charge in [0, 0.05) is 44.4 Å². The fraction of sp³-hybridized carbons (Fsp3) is 0.500. The average molecular weight is 283 g/mol. The number of aryl methyl sites for hydroxylation is 2. The Morgan fingerprint density at radius 1 is 1.24 bits per heavy atom. The van der Waals surface area contributed by atoms with Crippen LogP contribution >= 0.6 is 0 Å². The van der Waals surface area contributed by atoms with Gasteiger partial charge in [-0.25, -0.2) is 0 Å². The second-order valence-electron chi connectivity index (χ2n) is 7.03. The van der Waals surface area contributed by atoms with Gasteiger partial charge in [0.1, 0.15) is 0 Å². The number of likely N-dealkylation sites (tertiary alicyclic amines) is 1. The molecule has 0 bridgehead atoms. The fourth-order valence-electron chi connectivity index (χ4n) is 3.66. The molecule has 0 N–H and O–H groups in total. The van der Waals surface area contributed by atoms with Crippen LogP contribution in [0.3, 0.4) is 0 Å². The predicted octanol–water partition coefficient (Wildman–Crippen LogP) is 3.35. The number of hydrogen-bond acceptors (Lipinski definition) is 2. The standard InChI is InChI=1S/C18H25N3/c1-14-16(10-20(4)19-14)11-21-12-17(18(2,3)13-21)15-8-6-5-7-9-15/h5-10,17H,11-13H2,1-4H3/t17-/m1/s1. The zero-order chi connectivity index (χ0) is 15.0. The van der Waals surface area contributed by atoms with Gasteiger partial charge >= 0.3 is 0 Å². The summed E-state index contributed by atoms with van der Waals surface area (Å²) < 4.78 is 1.92. The molecule has 0 aliphatic carbocycles. The van der Waals surface area contributed by atoms with Crippen LogP contribution in [0.15, 0.2) is 36.5 Å². The highest BCUT2D eigenvalue weighted by molar-refractivity contribution is 5.25. The molecule has 0 saturated carbocycles. The van der Waals surface area contributed by atoms with E-state index in [1.807, 2.05) is 11.7 Å². The molecule has 112 valence electrons. The van der Waals surface area contributed by atoms with Crippen LogP contribution in [0.5, 0.6) is 0 Å². The van der Waals surface area contributed by atoms with Crippen molar-refractivity contribution in [3.63, 3.8) is 0 Å². The van der Waals surface area contributed by atoms with E-state index in [9.17, 15) is 0 Å². The maximum atomic E-state index is 4.46. The molecule has 3 heteroatoms. The minimum atomic E-state index is 0.317. The molecule has 2 aromatic rings. The van der Waals surface area contributed by atoms with Crippen LogP contribution in [-0.2, 0) is 13.6 Å². The highest BCUT2D eigenvalue weighted by Gasteiger charge is 2.39. The van der Waals surface area contributed by atoms with Gasteiger partial charge in [0.15, 0.2) is 0 Å². The lowest BCUT2D eigenvalue weighted by atomic mass is 9.78. The molecular weight excluding hydrogens is 258 g/mol. The number of hydrogen-bond donors (Lipinski definition) is 0. The Bertz CT molecular complexity index is 613. The summed E-state index contributed by atoms with van der Waals surface area (Å²) in [5, 5.41) is 4.46. The van der Waals surface area contributed by atoms with Gasteiger partial charge in [0.2, 0.25) is 0 Å². The number of benzene rings is 1. The molecule has 1 saturated heterocycles. The maximum absolute atomic E-state index is 4.46. The van der Waals surface area contributed by atoms with Crippen molar-refractivity contribution in [1.29, 1.82) is 0 Å². The maximum Gasteiger partial charge on any atom is 0.0638 e. The first-order valence-electron chi connectivity index (χ1n) is 7.72. The van der Waals surface area contributed by atoms with Crippen LogP contribution in [0.1, 0.15) is 36.6 Å². The Balaban J connectivity index is 1.77. The molecule has 1 aromatic heterocycles. The Morgan fingerprint density at radius 3 is 2.57 bits per heavy atom. The molecule has 0 amide bonds. The summed E-state index contributed by atoms with van der Waals surface area (Å²) in [5.74, 6) is 0.607. The zero-order valence-corrected chi connectivity index (χ0v) is 13.5. The number of aromatic nitrogens is 2. The molecule has 1 aliphatic rings. The molecule has 0 unspecified atom stereocenters. The number of rotatable bonds is 3. The van der Waals surface area contributed by atoms with E-state index in [2.05, 4.69) is 67.3 Å². The van der Waals surface area contributed by atoms with Gasteiger partial charge in [0.05, 0.1) is 5.69 Å². The molecule has 3 rings (SSSR count). The molecule has 1 aliphatic heterocycles. The molecule has 0 radical (unpaired) electrons. The molecule has 0 spiro atoms. The van der Waals surface area contributed by atoms with Crippen LogP contribution in [0, 0.1) is 12.3 Å². The molecule has 1 fully saturated rings. The van der Waals surface area contributed by atoms with E-state index in [-0.39, 0.29) is 0 Å². The lowest BCUT2D eigenvalue weighted by molar-refractivity contribution is 0.281. The zero-order valence-electron chi connectivity index (χ0n) is 13.5. The molecule has 21 heavy (non-hydrogen) atoms. The van der Waals surface area contributed by atoms with Crippen LogP contribution < -0.4 is 0 Å². The molecule has 1 atom stereocenters. The lowest BCUT2D eigenvalue weighted by Gasteiger charge is -2.26. The van der Waals surface area contributed by atoms with Gasteiger partial charge in [-0.2, -0.15) is 5.10 Å². The fourth-order valence-corrected chi connectivity index (χ4v) is 3.66. The van der Waals surface area contributed by atoms with Gasteiger partial charge in [-0.15, -0.1) is 0 Å². The summed E-state index contributed by atoms with van der Waals surface area (Å²) in [4.78, 5) is 2.57. The minimum Gasteiger partial charge on any atom is -0.298 e. The summed E-state index contributed by atoms with van der Waals surface area (Å²) in [5.41, 5.74) is 4.28. The van der Waals surface area contributed by atoms with Crippen molar-refractivity contribution in [3.8, 4) is 0 Å². The lowest BCUT2D eigenvalue weighted by Crippen LogP contribution is -2.23. The van der Waals surface area contributed by atoms with Gasteiger partial charge in [-0.3, -0.25) is 9.58 Å². The van der Waals surface area contributed by atoms with Gasteiger partial charge in [-0.1, -0.05) is 44.2 Å². The predicted molar refractivity (Wildman–Crippen MR) is 86.2 cm³/mol. The third kappa shape index (κ3) is 2.88.